The first kappa shape index (κ1) is 8.04. The van der Waals surface area contributed by atoms with Crippen molar-refractivity contribution in [3.8, 4) is 0 Å². The Morgan fingerprint density at radius 1 is 1.73 bits per heavy atom. The number of carbonyl (C=O) groups is 2. The molecule has 0 aromatic carbocycles. The predicted octanol–water partition coefficient (Wildman–Crippen LogP) is -0.314. The summed E-state index contributed by atoms with van der Waals surface area (Å²) in [6.07, 6.45) is 0.526. The molecule has 4 heteroatoms. The van der Waals surface area contributed by atoms with Crippen LogP contribution in [0.2, 0.25) is 0 Å². The Balaban J connectivity index is 2.80. The molecule has 1 amide bonds. The molecule has 1 fully saturated rings. The number of methoxy groups -OCH3 is 1. The van der Waals surface area contributed by atoms with E-state index in [0.717, 1.165) is 0 Å². The van der Waals surface area contributed by atoms with Crippen molar-refractivity contribution in [3.05, 3.63) is 0 Å². The van der Waals surface area contributed by atoms with Gasteiger partial charge in [-0.2, -0.15) is 0 Å². The van der Waals surface area contributed by atoms with Crippen molar-refractivity contribution < 1.29 is 14.3 Å². The third-order valence-electron chi connectivity index (χ3n) is 2.05. The van der Waals surface area contributed by atoms with E-state index >= 15 is 0 Å². The van der Waals surface area contributed by atoms with Crippen molar-refractivity contribution in [2.75, 3.05) is 13.7 Å². The number of carbonyl (C=O) groups excluding carboxylic acids is 2. The third kappa shape index (κ3) is 1.08. The van der Waals surface area contributed by atoms with Gasteiger partial charge < -0.3 is 10.1 Å². The van der Waals surface area contributed by atoms with Crippen molar-refractivity contribution in [3.63, 3.8) is 0 Å². The zero-order valence-electron chi connectivity index (χ0n) is 6.64. The summed E-state index contributed by atoms with van der Waals surface area (Å²) in [5.41, 5.74) is -0.950. The third-order valence-corrected chi connectivity index (χ3v) is 2.05. The quantitative estimate of drug-likeness (QED) is 0.419. The van der Waals surface area contributed by atoms with Crippen LogP contribution in [0.15, 0.2) is 0 Å². The molecule has 1 rings (SSSR count). The van der Waals surface area contributed by atoms with Crippen LogP contribution in [0, 0.1) is 5.41 Å². The molecule has 0 aliphatic carbocycles. The highest BCUT2D eigenvalue weighted by Crippen LogP contribution is 2.26. The van der Waals surface area contributed by atoms with Gasteiger partial charge in [0.25, 0.3) is 0 Å². The van der Waals surface area contributed by atoms with E-state index in [1.165, 1.54) is 7.11 Å². The predicted molar refractivity (Wildman–Crippen MR) is 37.7 cm³/mol. The summed E-state index contributed by atoms with van der Waals surface area (Å²) in [4.78, 5) is 22.1. The Labute approximate surface area is 64.9 Å². The maximum atomic E-state index is 11.1. The van der Waals surface area contributed by atoms with E-state index in [2.05, 4.69) is 10.1 Å². The summed E-state index contributed by atoms with van der Waals surface area (Å²) in [6, 6.07) is 0. The first-order valence-corrected chi connectivity index (χ1v) is 3.48. The van der Waals surface area contributed by atoms with Gasteiger partial charge in [-0.1, -0.05) is 0 Å². The molecule has 0 saturated carbocycles. The van der Waals surface area contributed by atoms with E-state index in [9.17, 15) is 9.59 Å². The Bertz CT molecular complexity index is 202. The van der Waals surface area contributed by atoms with Crippen molar-refractivity contribution in [2.24, 2.45) is 5.41 Å². The monoisotopic (exact) mass is 157 g/mol. The molecule has 1 heterocycles. The van der Waals surface area contributed by atoms with E-state index in [1.54, 1.807) is 6.92 Å². The minimum atomic E-state index is -0.950. The first-order valence-electron chi connectivity index (χ1n) is 3.48. The van der Waals surface area contributed by atoms with Gasteiger partial charge in [0.1, 0.15) is 5.41 Å². The molecule has 1 saturated heterocycles. The smallest absolute Gasteiger partial charge is 0.321 e. The average molecular weight is 157 g/mol. The summed E-state index contributed by atoms with van der Waals surface area (Å²) < 4.78 is 4.51. The molecule has 11 heavy (non-hydrogen) atoms. The van der Waals surface area contributed by atoms with Gasteiger partial charge in [-0.15, -0.1) is 0 Å². The van der Waals surface area contributed by atoms with Gasteiger partial charge in [-0.05, 0) is 13.3 Å². The number of hydrogen-bond acceptors (Lipinski definition) is 3. The van der Waals surface area contributed by atoms with Gasteiger partial charge in [0.15, 0.2) is 0 Å². The summed E-state index contributed by atoms with van der Waals surface area (Å²) in [5, 5.41) is 2.59. The number of nitrogens with one attached hydrogen (secondary N) is 1. The molecule has 1 aliphatic heterocycles. The zero-order chi connectivity index (χ0) is 8.48. The summed E-state index contributed by atoms with van der Waals surface area (Å²) in [7, 11) is 1.29. The summed E-state index contributed by atoms with van der Waals surface area (Å²) >= 11 is 0. The number of rotatable bonds is 1. The Hall–Kier alpha value is -1.06. The fourth-order valence-corrected chi connectivity index (χ4v) is 1.15. The number of hydrogen-bond donors (Lipinski definition) is 1. The van der Waals surface area contributed by atoms with Gasteiger partial charge in [-0.3, -0.25) is 9.59 Å². The highest BCUT2D eigenvalue weighted by atomic mass is 16.5. The molecular weight excluding hydrogens is 146 g/mol. The number of ether oxygens (including phenoxy) is 1. The topological polar surface area (TPSA) is 55.4 Å². The highest BCUT2D eigenvalue weighted by molar-refractivity contribution is 6.03. The summed E-state index contributed by atoms with van der Waals surface area (Å²) in [6.45, 7) is 2.16. The fourth-order valence-electron chi connectivity index (χ4n) is 1.15. The minimum Gasteiger partial charge on any atom is -0.468 e. The Kier molecular flexibility index (Phi) is 1.85. The van der Waals surface area contributed by atoms with E-state index in [0.29, 0.717) is 13.0 Å². The fraction of sp³-hybridized carbons (Fsp3) is 0.714. The maximum absolute atomic E-state index is 11.1. The Morgan fingerprint density at radius 3 is 2.73 bits per heavy atom. The van der Waals surface area contributed by atoms with Crippen LogP contribution >= 0.6 is 0 Å². The van der Waals surface area contributed by atoms with Gasteiger partial charge >= 0.3 is 5.97 Å². The molecule has 0 unspecified atom stereocenters. The molecule has 4 nitrogen and oxygen atoms in total. The van der Waals surface area contributed by atoms with Gasteiger partial charge in [0.2, 0.25) is 5.91 Å². The second kappa shape index (κ2) is 2.53. The van der Waals surface area contributed by atoms with Crippen LogP contribution in [0.4, 0.5) is 0 Å². The number of amides is 1. The van der Waals surface area contributed by atoms with E-state index in [4.69, 9.17) is 0 Å². The van der Waals surface area contributed by atoms with Gasteiger partial charge in [-0.25, -0.2) is 0 Å². The van der Waals surface area contributed by atoms with Crippen LogP contribution in [0.25, 0.3) is 0 Å². The van der Waals surface area contributed by atoms with Crippen LogP contribution in [-0.2, 0) is 14.3 Å². The van der Waals surface area contributed by atoms with Crippen LogP contribution < -0.4 is 5.32 Å². The molecule has 1 aliphatic rings. The van der Waals surface area contributed by atoms with E-state index in [-0.39, 0.29) is 5.91 Å². The first-order chi connectivity index (χ1) is 5.11. The average Bonchev–Trinajstić information content (AvgIpc) is 2.32. The molecule has 1 N–H and O–H groups in total. The van der Waals surface area contributed by atoms with Crippen molar-refractivity contribution in [1.82, 2.24) is 5.32 Å². The van der Waals surface area contributed by atoms with Crippen molar-refractivity contribution >= 4 is 11.9 Å². The molecule has 0 aromatic heterocycles. The van der Waals surface area contributed by atoms with Crippen LogP contribution in [0.1, 0.15) is 13.3 Å². The van der Waals surface area contributed by atoms with Gasteiger partial charge in [0.05, 0.1) is 7.11 Å². The lowest BCUT2D eigenvalue weighted by Crippen LogP contribution is -2.36. The zero-order valence-corrected chi connectivity index (χ0v) is 6.64. The normalized spacial score (nSPS) is 29.8. The van der Waals surface area contributed by atoms with Crippen LogP contribution in [-0.4, -0.2) is 25.5 Å². The molecule has 0 aromatic rings. The number of esters is 1. The van der Waals surface area contributed by atoms with Crippen LogP contribution in [0.5, 0.6) is 0 Å². The summed E-state index contributed by atoms with van der Waals surface area (Å²) in [5.74, 6) is -0.683. The minimum absolute atomic E-state index is 0.232. The molecule has 0 radical (unpaired) electrons. The highest BCUT2D eigenvalue weighted by Gasteiger charge is 2.45. The molecule has 0 spiro atoms. The van der Waals surface area contributed by atoms with E-state index < -0.39 is 11.4 Å². The van der Waals surface area contributed by atoms with Gasteiger partial charge in [0, 0.05) is 6.54 Å². The molecular formula is C7H11NO3. The lowest BCUT2D eigenvalue weighted by molar-refractivity contribution is -0.155. The molecule has 62 valence electrons. The molecule has 1 atom stereocenters. The van der Waals surface area contributed by atoms with Crippen LogP contribution in [0.3, 0.4) is 0 Å². The molecule has 0 bridgehead atoms. The lowest BCUT2D eigenvalue weighted by Gasteiger charge is -2.15. The standard InChI is InChI=1S/C7H11NO3/c1-7(6(10)11-2)3-4-8-5(7)9/h3-4H2,1-2H3,(H,8,9)/t7-/m1/s1. The Morgan fingerprint density at radius 2 is 2.36 bits per heavy atom. The van der Waals surface area contributed by atoms with Crippen molar-refractivity contribution in [2.45, 2.75) is 13.3 Å². The largest absolute Gasteiger partial charge is 0.468 e. The second-order valence-electron chi connectivity index (χ2n) is 2.83. The maximum Gasteiger partial charge on any atom is 0.321 e. The second-order valence-corrected chi connectivity index (χ2v) is 2.83. The lowest BCUT2D eigenvalue weighted by atomic mass is 9.89. The van der Waals surface area contributed by atoms with Crippen molar-refractivity contribution in [1.29, 1.82) is 0 Å². The van der Waals surface area contributed by atoms with E-state index in [1.807, 2.05) is 0 Å². The SMILES string of the molecule is COC(=O)[C@]1(C)CCNC1=O.